The summed E-state index contributed by atoms with van der Waals surface area (Å²) in [4.78, 5) is 21.3. The maximum atomic E-state index is 15.1. The lowest BCUT2D eigenvalue weighted by Crippen LogP contribution is -2.42. The van der Waals surface area contributed by atoms with Crippen LogP contribution in [-0.2, 0) is 23.6 Å². The topological polar surface area (TPSA) is 94.5 Å². The number of H-pyrrole nitrogens is 1. The Hall–Kier alpha value is -4.00. The van der Waals surface area contributed by atoms with Gasteiger partial charge in [-0.1, -0.05) is 4.48 Å². The minimum atomic E-state index is -3.74. The molecule has 2 aliphatic rings. The molecular weight excluding hydrogens is 509 g/mol. The van der Waals surface area contributed by atoms with Crippen LogP contribution in [0.25, 0.3) is 22.0 Å². The lowest BCUT2D eigenvalue weighted by atomic mass is 9.99. The minimum absolute atomic E-state index is 0.0104. The number of aryl methyl sites for hydroxylation is 1. The van der Waals surface area contributed by atoms with E-state index in [0.29, 0.717) is 44.5 Å². The molecule has 192 valence electrons. The van der Waals surface area contributed by atoms with Crippen LogP contribution in [0.3, 0.4) is 0 Å². The highest BCUT2D eigenvalue weighted by molar-refractivity contribution is 7.92. The van der Waals surface area contributed by atoms with Crippen LogP contribution in [0.4, 0.5) is 36.1 Å². The lowest BCUT2D eigenvalue weighted by Gasteiger charge is -2.35. The zero-order chi connectivity index (χ0) is 26.2. The summed E-state index contributed by atoms with van der Waals surface area (Å²) in [6.07, 6.45) is 4.12. The van der Waals surface area contributed by atoms with E-state index in [1.54, 1.807) is 25.5 Å². The van der Waals surface area contributed by atoms with Gasteiger partial charge in [0.2, 0.25) is 10.0 Å². The first-order valence-corrected chi connectivity index (χ1v) is 13.1. The average Bonchev–Trinajstić information content (AvgIpc) is 3.23. The second-order valence-corrected chi connectivity index (χ2v) is 11.2. The smallest absolute Gasteiger partial charge is 0.274 e. The molecule has 0 bridgehead atoms. The SMILES string of the molecule is CCS(=O)(=O)N1CCN(F)c2cc3c(cc21)-c1cn(C)c(=O)c2[nH]cc(c12)CN3c1ncc(F)cc1F. The van der Waals surface area contributed by atoms with E-state index in [4.69, 9.17) is 0 Å². The number of nitrogens with zero attached hydrogens (tertiary/aromatic N) is 5. The Kier molecular flexibility index (Phi) is 5.06. The van der Waals surface area contributed by atoms with Gasteiger partial charge in [-0.2, -0.15) is 0 Å². The highest BCUT2D eigenvalue weighted by atomic mass is 32.2. The molecule has 0 saturated heterocycles. The largest absolute Gasteiger partial charge is 0.356 e. The predicted molar refractivity (Wildman–Crippen MR) is 134 cm³/mol. The Morgan fingerprint density at radius 3 is 2.59 bits per heavy atom. The van der Waals surface area contributed by atoms with E-state index >= 15 is 8.87 Å². The molecule has 9 nitrogen and oxygen atoms in total. The lowest BCUT2D eigenvalue weighted by molar-refractivity contribution is 0.431. The van der Waals surface area contributed by atoms with E-state index in [-0.39, 0.29) is 48.1 Å². The predicted octanol–water partition coefficient (Wildman–Crippen LogP) is 3.72. The molecule has 0 radical (unpaired) electrons. The standard InChI is InChI=1S/C24H21F3N6O3S/c1-3-37(35,36)33-5-4-32(27)19-8-18-15(7-20(19)33)16-12-30(2)24(34)22-21(16)13(9-28-22)11-31(18)23-17(26)6-14(25)10-29-23/h6-10,12,28H,3-5,11H2,1-2H3. The third kappa shape index (κ3) is 3.40. The zero-order valence-electron chi connectivity index (χ0n) is 19.8. The van der Waals surface area contributed by atoms with Gasteiger partial charge in [-0.3, -0.25) is 9.10 Å². The van der Waals surface area contributed by atoms with E-state index in [1.807, 2.05) is 0 Å². The Labute approximate surface area is 209 Å². The van der Waals surface area contributed by atoms with Gasteiger partial charge in [0.15, 0.2) is 11.6 Å². The zero-order valence-corrected chi connectivity index (χ0v) is 20.6. The fourth-order valence-electron chi connectivity index (χ4n) is 5.08. The van der Waals surface area contributed by atoms with Gasteiger partial charge in [0.1, 0.15) is 11.3 Å². The van der Waals surface area contributed by atoms with E-state index in [2.05, 4.69) is 9.97 Å². The molecule has 5 heterocycles. The molecule has 4 aromatic rings. The number of anilines is 4. The van der Waals surface area contributed by atoms with Gasteiger partial charge >= 0.3 is 0 Å². The number of halogens is 3. The number of benzene rings is 1. The minimum Gasteiger partial charge on any atom is -0.356 e. The number of sulfonamides is 1. The first-order valence-electron chi connectivity index (χ1n) is 11.5. The number of rotatable bonds is 3. The normalized spacial score (nSPS) is 15.1. The third-order valence-corrected chi connectivity index (χ3v) is 8.65. The molecule has 0 spiro atoms. The second-order valence-electron chi connectivity index (χ2n) is 8.98. The van der Waals surface area contributed by atoms with E-state index in [0.717, 1.165) is 6.20 Å². The maximum Gasteiger partial charge on any atom is 0.274 e. The number of aromatic nitrogens is 3. The highest BCUT2D eigenvalue weighted by Crippen LogP contribution is 2.49. The summed E-state index contributed by atoms with van der Waals surface area (Å²) in [5, 5.41) is 1.03. The van der Waals surface area contributed by atoms with Gasteiger partial charge in [-0.05, 0) is 24.6 Å². The molecule has 0 atom stereocenters. The Bertz CT molecular complexity index is 1770. The molecule has 37 heavy (non-hydrogen) atoms. The van der Waals surface area contributed by atoms with Crippen molar-refractivity contribution in [1.82, 2.24) is 14.5 Å². The van der Waals surface area contributed by atoms with Crippen molar-refractivity contribution < 1.29 is 21.7 Å². The molecule has 0 amide bonds. The van der Waals surface area contributed by atoms with E-state index in [1.165, 1.54) is 26.8 Å². The molecule has 3 aromatic heterocycles. The molecular formula is C24H21F3N6O3S. The van der Waals surface area contributed by atoms with Crippen LogP contribution in [0.1, 0.15) is 12.5 Å². The Balaban J connectivity index is 1.72. The number of pyridine rings is 2. The monoisotopic (exact) mass is 530 g/mol. The van der Waals surface area contributed by atoms with Crippen molar-refractivity contribution in [3.63, 3.8) is 0 Å². The van der Waals surface area contributed by atoms with Crippen LogP contribution < -0.4 is 19.9 Å². The van der Waals surface area contributed by atoms with Crippen molar-refractivity contribution >= 4 is 43.8 Å². The van der Waals surface area contributed by atoms with Gasteiger partial charge in [0.05, 0.1) is 48.6 Å². The number of aromatic amines is 1. The molecule has 0 unspecified atom stereocenters. The average molecular weight is 531 g/mol. The van der Waals surface area contributed by atoms with Crippen LogP contribution in [-0.4, -0.2) is 41.8 Å². The number of hydrogen-bond acceptors (Lipinski definition) is 6. The maximum absolute atomic E-state index is 15.1. The quantitative estimate of drug-likeness (QED) is 0.406. The van der Waals surface area contributed by atoms with Crippen molar-refractivity contribution in [2.75, 3.05) is 33.2 Å². The highest BCUT2D eigenvalue weighted by Gasteiger charge is 2.35. The molecule has 1 N–H and O–H groups in total. The Morgan fingerprint density at radius 2 is 1.86 bits per heavy atom. The summed E-state index contributed by atoms with van der Waals surface area (Å²) in [5.74, 6) is -2.16. The second kappa shape index (κ2) is 8.00. The molecule has 0 fully saturated rings. The molecule has 13 heteroatoms. The number of fused-ring (bicyclic) bond motifs is 3. The summed E-state index contributed by atoms with van der Waals surface area (Å²) in [7, 11) is -2.16. The van der Waals surface area contributed by atoms with Crippen molar-refractivity contribution in [1.29, 1.82) is 0 Å². The summed E-state index contributed by atoms with van der Waals surface area (Å²) in [6.45, 7) is 1.26. The summed E-state index contributed by atoms with van der Waals surface area (Å²) < 4.78 is 72.2. The van der Waals surface area contributed by atoms with E-state index < -0.39 is 21.7 Å². The number of hydrogen-bond donors (Lipinski definition) is 1. The van der Waals surface area contributed by atoms with Gasteiger partial charge in [-0.15, -0.1) is 0 Å². The van der Waals surface area contributed by atoms with Crippen LogP contribution in [0.5, 0.6) is 0 Å². The van der Waals surface area contributed by atoms with Crippen molar-refractivity contribution in [3.05, 3.63) is 64.3 Å². The molecule has 6 rings (SSSR count). The first kappa shape index (κ1) is 23.4. The fraction of sp³-hybridized carbons (Fsp3) is 0.250. The van der Waals surface area contributed by atoms with Gasteiger partial charge in [0.25, 0.3) is 5.56 Å². The first-order chi connectivity index (χ1) is 17.6. The van der Waals surface area contributed by atoms with Crippen molar-refractivity contribution in [3.8, 4) is 11.1 Å². The summed E-state index contributed by atoms with van der Waals surface area (Å²) in [5.41, 5.74) is 2.12. The van der Waals surface area contributed by atoms with Crippen molar-refractivity contribution in [2.24, 2.45) is 7.05 Å². The van der Waals surface area contributed by atoms with Crippen LogP contribution in [0.2, 0.25) is 0 Å². The Morgan fingerprint density at radius 1 is 1.08 bits per heavy atom. The molecule has 0 saturated carbocycles. The fourth-order valence-corrected chi connectivity index (χ4v) is 6.19. The molecule has 0 aliphatic carbocycles. The van der Waals surface area contributed by atoms with Gasteiger partial charge in [-0.25, -0.2) is 27.3 Å². The number of nitrogens with one attached hydrogen (secondary N) is 1. The third-order valence-electron chi connectivity index (χ3n) is 6.86. The van der Waals surface area contributed by atoms with Crippen LogP contribution in [0.15, 0.2) is 41.6 Å². The van der Waals surface area contributed by atoms with Crippen molar-refractivity contribution in [2.45, 2.75) is 13.5 Å². The van der Waals surface area contributed by atoms with Crippen LogP contribution in [0, 0.1) is 11.6 Å². The summed E-state index contributed by atoms with van der Waals surface area (Å²) >= 11 is 0. The van der Waals surface area contributed by atoms with Gasteiger partial charge < -0.3 is 14.5 Å². The van der Waals surface area contributed by atoms with Gasteiger partial charge in [0, 0.05) is 42.0 Å². The van der Waals surface area contributed by atoms with Crippen LogP contribution >= 0.6 is 0 Å². The molecule has 1 aromatic carbocycles. The molecule has 2 aliphatic heterocycles. The summed E-state index contributed by atoms with van der Waals surface area (Å²) in [6, 6.07) is 3.69. The van der Waals surface area contributed by atoms with E-state index in [9.17, 15) is 17.6 Å².